The van der Waals surface area contributed by atoms with E-state index in [0.717, 1.165) is 19.5 Å². The summed E-state index contributed by atoms with van der Waals surface area (Å²) < 4.78 is 6.46. The Bertz CT molecular complexity index is 410. The van der Waals surface area contributed by atoms with Crippen molar-refractivity contribution >= 4 is 17.6 Å². The topological polar surface area (TPSA) is 73.4 Å². The summed E-state index contributed by atoms with van der Waals surface area (Å²) in [5, 5.41) is 4.43. The summed E-state index contributed by atoms with van der Waals surface area (Å²) in [7, 11) is 1.35. The van der Waals surface area contributed by atoms with Crippen LogP contribution < -0.4 is 10.6 Å². The van der Waals surface area contributed by atoms with Crippen LogP contribution in [0.25, 0.3) is 0 Å². The van der Waals surface area contributed by atoms with Crippen molar-refractivity contribution in [2.45, 2.75) is 33.7 Å². The Labute approximate surface area is 108 Å². The van der Waals surface area contributed by atoms with Gasteiger partial charge in [-0.25, -0.2) is 9.48 Å². The molecule has 0 aliphatic carbocycles. The van der Waals surface area contributed by atoms with Gasteiger partial charge in [-0.2, -0.15) is 5.10 Å². The Morgan fingerprint density at radius 1 is 1.39 bits per heavy atom. The van der Waals surface area contributed by atoms with Crippen molar-refractivity contribution in [2.24, 2.45) is 0 Å². The molecule has 0 aromatic carbocycles. The number of esters is 1. The number of aromatic nitrogens is 2. The van der Waals surface area contributed by atoms with Gasteiger partial charge in [-0.1, -0.05) is 6.92 Å². The fourth-order valence-electron chi connectivity index (χ4n) is 1.89. The van der Waals surface area contributed by atoms with Crippen LogP contribution >= 0.6 is 0 Å². The molecule has 6 nitrogen and oxygen atoms in total. The molecule has 0 saturated carbocycles. The minimum absolute atomic E-state index is 0.370. The number of hydrogen-bond acceptors (Lipinski definition) is 5. The van der Waals surface area contributed by atoms with E-state index >= 15 is 0 Å². The predicted octanol–water partition coefficient (Wildman–Crippen LogP) is 1.51. The van der Waals surface area contributed by atoms with Crippen molar-refractivity contribution < 1.29 is 9.53 Å². The lowest BCUT2D eigenvalue weighted by atomic mass is 10.2. The lowest BCUT2D eigenvalue weighted by Gasteiger charge is -2.18. The summed E-state index contributed by atoms with van der Waals surface area (Å²) in [5.74, 6) is 0.556. The van der Waals surface area contributed by atoms with Crippen LogP contribution in [-0.4, -0.2) is 35.9 Å². The maximum Gasteiger partial charge on any atom is 0.345 e. The Balaban J connectivity index is 3.29. The number of nitrogens with two attached hydrogens (primary N) is 1. The van der Waals surface area contributed by atoms with Crippen LogP contribution in [0.4, 0.5) is 11.6 Å². The van der Waals surface area contributed by atoms with Gasteiger partial charge in [0, 0.05) is 19.6 Å². The van der Waals surface area contributed by atoms with E-state index in [4.69, 9.17) is 10.5 Å². The monoisotopic (exact) mass is 254 g/mol. The third-order valence-corrected chi connectivity index (χ3v) is 2.86. The SMILES string of the molecule is CCCn1nc(N(CC)CC)c(C(=O)OC)c1N. The van der Waals surface area contributed by atoms with Crippen molar-refractivity contribution in [1.82, 2.24) is 9.78 Å². The molecule has 0 atom stereocenters. The molecule has 1 aromatic rings. The number of ether oxygens (including phenoxy) is 1. The number of rotatable bonds is 6. The lowest BCUT2D eigenvalue weighted by molar-refractivity contribution is 0.0602. The van der Waals surface area contributed by atoms with Gasteiger partial charge in [0.2, 0.25) is 0 Å². The van der Waals surface area contributed by atoms with Crippen molar-refractivity contribution in [3.05, 3.63) is 5.56 Å². The van der Waals surface area contributed by atoms with Gasteiger partial charge in [0.1, 0.15) is 11.4 Å². The number of carbonyl (C=O) groups excluding carboxylic acids is 1. The number of hydrogen-bond donors (Lipinski definition) is 1. The molecule has 0 aliphatic heterocycles. The molecule has 0 radical (unpaired) electrons. The van der Waals surface area contributed by atoms with Gasteiger partial charge in [0.05, 0.1) is 7.11 Å². The molecule has 0 spiro atoms. The fraction of sp³-hybridized carbons (Fsp3) is 0.667. The van der Waals surface area contributed by atoms with E-state index < -0.39 is 5.97 Å². The molecular formula is C12H22N4O2. The van der Waals surface area contributed by atoms with Gasteiger partial charge >= 0.3 is 5.97 Å². The van der Waals surface area contributed by atoms with Crippen LogP contribution in [0.3, 0.4) is 0 Å². The molecule has 0 unspecified atom stereocenters. The molecule has 18 heavy (non-hydrogen) atoms. The first kappa shape index (κ1) is 14.3. The van der Waals surface area contributed by atoms with Gasteiger partial charge in [-0.3, -0.25) is 0 Å². The van der Waals surface area contributed by atoms with Crippen molar-refractivity contribution in [3.8, 4) is 0 Å². The molecule has 1 rings (SSSR count). The number of anilines is 2. The van der Waals surface area contributed by atoms with Crippen molar-refractivity contribution in [1.29, 1.82) is 0 Å². The van der Waals surface area contributed by atoms with Crippen LogP contribution in [0.1, 0.15) is 37.6 Å². The molecule has 0 aliphatic rings. The van der Waals surface area contributed by atoms with Crippen LogP contribution in [0.15, 0.2) is 0 Å². The molecule has 1 heterocycles. The highest BCUT2D eigenvalue weighted by molar-refractivity contribution is 5.99. The first-order valence-electron chi connectivity index (χ1n) is 6.30. The van der Waals surface area contributed by atoms with Crippen LogP contribution in [0, 0.1) is 0 Å². The molecule has 1 aromatic heterocycles. The number of carbonyl (C=O) groups is 1. The molecule has 0 bridgehead atoms. The zero-order chi connectivity index (χ0) is 13.7. The average Bonchev–Trinajstić information content (AvgIpc) is 2.68. The molecular weight excluding hydrogens is 232 g/mol. The number of nitrogens with zero attached hydrogens (tertiary/aromatic N) is 3. The van der Waals surface area contributed by atoms with Gasteiger partial charge in [0.15, 0.2) is 5.82 Å². The van der Waals surface area contributed by atoms with E-state index in [-0.39, 0.29) is 0 Å². The number of aryl methyl sites for hydroxylation is 1. The Kier molecular flexibility index (Phi) is 5.00. The van der Waals surface area contributed by atoms with Crippen LogP contribution in [0.2, 0.25) is 0 Å². The van der Waals surface area contributed by atoms with Gasteiger partial charge in [0.25, 0.3) is 0 Å². The summed E-state index contributed by atoms with van der Waals surface area (Å²) in [6.45, 7) is 8.29. The van der Waals surface area contributed by atoms with Gasteiger partial charge in [-0.15, -0.1) is 0 Å². The third-order valence-electron chi connectivity index (χ3n) is 2.86. The second-order valence-corrected chi connectivity index (χ2v) is 3.97. The van der Waals surface area contributed by atoms with Crippen molar-refractivity contribution in [3.63, 3.8) is 0 Å². The molecule has 6 heteroatoms. The maximum atomic E-state index is 11.8. The highest BCUT2D eigenvalue weighted by Gasteiger charge is 2.25. The highest BCUT2D eigenvalue weighted by atomic mass is 16.5. The van der Waals surface area contributed by atoms with E-state index in [0.29, 0.717) is 23.7 Å². The summed E-state index contributed by atoms with van der Waals surface area (Å²) in [6, 6.07) is 0. The van der Waals surface area contributed by atoms with E-state index in [9.17, 15) is 4.79 Å². The zero-order valence-electron chi connectivity index (χ0n) is 11.6. The summed E-state index contributed by atoms with van der Waals surface area (Å²) in [5.41, 5.74) is 6.36. The quantitative estimate of drug-likeness (QED) is 0.779. The minimum atomic E-state index is -0.434. The van der Waals surface area contributed by atoms with E-state index in [2.05, 4.69) is 5.10 Å². The standard InChI is InChI=1S/C12H22N4O2/c1-5-8-16-10(13)9(12(17)18-4)11(14-16)15(6-2)7-3/h5-8,13H2,1-4H3. The number of nitrogen functional groups attached to an aromatic ring is 1. The molecule has 102 valence electrons. The zero-order valence-corrected chi connectivity index (χ0v) is 11.6. The molecule has 0 amide bonds. The summed E-state index contributed by atoms with van der Waals surface area (Å²) in [4.78, 5) is 13.8. The number of methoxy groups -OCH3 is 1. The summed E-state index contributed by atoms with van der Waals surface area (Å²) in [6.07, 6.45) is 0.907. The maximum absolute atomic E-state index is 11.8. The normalized spacial score (nSPS) is 10.4. The van der Waals surface area contributed by atoms with Crippen LogP contribution in [0.5, 0.6) is 0 Å². The Morgan fingerprint density at radius 3 is 2.44 bits per heavy atom. The first-order chi connectivity index (χ1) is 8.60. The molecule has 2 N–H and O–H groups in total. The van der Waals surface area contributed by atoms with Crippen molar-refractivity contribution in [2.75, 3.05) is 30.8 Å². The largest absolute Gasteiger partial charge is 0.465 e. The summed E-state index contributed by atoms with van der Waals surface area (Å²) >= 11 is 0. The van der Waals surface area contributed by atoms with Gasteiger partial charge in [-0.05, 0) is 20.3 Å². The fourth-order valence-corrected chi connectivity index (χ4v) is 1.89. The Morgan fingerprint density at radius 2 is 2.00 bits per heavy atom. The Hall–Kier alpha value is -1.72. The lowest BCUT2D eigenvalue weighted by Crippen LogP contribution is -2.24. The average molecular weight is 254 g/mol. The third kappa shape index (κ3) is 2.57. The predicted molar refractivity (Wildman–Crippen MR) is 71.8 cm³/mol. The van der Waals surface area contributed by atoms with Gasteiger partial charge < -0.3 is 15.4 Å². The first-order valence-corrected chi connectivity index (χ1v) is 6.30. The smallest absolute Gasteiger partial charge is 0.345 e. The second kappa shape index (κ2) is 6.28. The van der Waals surface area contributed by atoms with E-state index in [1.807, 2.05) is 25.7 Å². The molecule has 0 saturated heterocycles. The van der Waals surface area contributed by atoms with Crippen LogP contribution in [-0.2, 0) is 11.3 Å². The minimum Gasteiger partial charge on any atom is -0.465 e. The molecule has 0 fully saturated rings. The second-order valence-electron chi connectivity index (χ2n) is 3.97. The van der Waals surface area contributed by atoms with E-state index in [1.165, 1.54) is 7.11 Å². The highest BCUT2D eigenvalue weighted by Crippen LogP contribution is 2.26. The van der Waals surface area contributed by atoms with E-state index in [1.54, 1.807) is 4.68 Å².